The van der Waals surface area contributed by atoms with Crippen LogP contribution in [0.2, 0.25) is 0 Å². The molecule has 0 aliphatic carbocycles. The molecule has 0 unspecified atom stereocenters. The molecule has 33 heavy (non-hydrogen) atoms. The standard InChI is InChI=1S/C25H28FN5O2/c26-20-6-2-4-8-23(20)29-13-15-30(16-14-29)24(32)9-11-27-25(33)31-12-10-19-18-5-1-3-7-21(18)28-22(19)17-31/h1-8,28H,9-17H2,(H,27,33). The molecule has 2 aliphatic heterocycles. The van der Waals surface area contributed by atoms with E-state index in [0.717, 1.165) is 17.6 Å². The molecule has 2 aromatic carbocycles. The predicted molar refractivity (Wildman–Crippen MR) is 126 cm³/mol. The largest absolute Gasteiger partial charge is 0.366 e. The Kier molecular flexibility index (Phi) is 5.90. The number of fused-ring (bicyclic) bond motifs is 3. The summed E-state index contributed by atoms with van der Waals surface area (Å²) in [6, 6.07) is 14.8. The Labute approximate surface area is 192 Å². The zero-order valence-electron chi connectivity index (χ0n) is 18.5. The molecule has 1 fully saturated rings. The third kappa shape index (κ3) is 4.37. The first-order valence-electron chi connectivity index (χ1n) is 11.5. The van der Waals surface area contributed by atoms with Gasteiger partial charge in [0.15, 0.2) is 0 Å². The van der Waals surface area contributed by atoms with Crippen molar-refractivity contribution in [2.75, 3.05) is 44.2 Å². The maximum Gasteiger partial charge on any atom is 0.317 e. The summed E-state index contributed by atoms with van der Waals surface area (Å²) in [5, 5.41) is 4.12. The van der Waals surface area contributed by atoms with Gasteiger partial charge in [0, 0.05) is 62.3 Å². The average Bonchev–Trinajstić information content (AvgIpc) is 3.22. The number of urea groups is 1. The maximum atomic E-state index is 14.0. The first-order chi connectivity index (χ1) is 16.1. The average molecular weight is 450 g/mol. The Bertz CT molecular complexity index is 1170. The van der Waals surface area contributed by atoms with Crippen molar-refractivity contribution < 1.29 is 14.0 Å². The maximum absolute atomic E-state index is 14.0. The van der Waals surface area contributed by atoms with Gasteiger partial charge in [0.1, 0.15) is 5.82 Å². The number of nitrogens with one attached hydrogen (secondary N) is 2. The van der Waals surface area contributed by atoms with E-state index in [1.165, 1.54) is 17.0 Å². The van der Waals surface area contributed by atoms with Gasteiger partial charge in [-0.2, -0.15) is 0 Å². The second kappa shape index (κ2) is 9.13. The number of anilines is 1. The molecule has 7 nitrogen and oxygen atoms in total. The van der Waals surface area contributed by atoms with E-state index in [0.29, 0.717) is 51.5 Å². The van der Waals surface area contributed by atoms with Crippen LogP contribution in [0.5, 0.6) is 0 Å². The molecule has 0 radical (unpaired) electrons. The van der Waals surface area contributed by atoms with E-state index in [4.69, 9.17) is 0 Å². The Morgan fingerprint density at radius 3 is 2.52 bits per heavy atom. The lowest BCUT2D eigenvalue weighted by Crippen LogP contribution is -2.50. The highest BCUT2D eigenvalue weighted by molar-refractivity contribution is 5.85. The molecule has 1 aromatic heterocycles. The van der Waals surface area contributed by atoms with Crippen LogP contribution >= 0.6 is 0 Å². The summed E-state index contributed by atoms with van der Waals surface area (Å²) in [4.78, 5) is 34.2. The summed E-state index contributed by atoms with van der Waals surface area (Å²) >= 11 is 0. The summed E-state index contributed by atoms with van der Waals surface area (Å²) in [5.41, 5.74) is 4.06. The van der Waals surface area contributed by atoms with Gasteiger partial charge < -0.3 is 25.0 Å². The van der Waals surface area contributed by atoms with Crippen LogP contribution in [0.15, 0.2) is 48.5 Å². The van der Waals surface area contributed by atoms with E-state index in [2.05, 4.69) is 22.4 Å². The lowest BCUT2D eigenvalue weighted by Gasteiger charge is -2.36. The van der Waals surface area contributed by atoms with E-state index >= 15 is 0 Å². The number of carbonyl (C=O) groups excluding carboxylic acids is 2. The number of hydrogen-bond donors (Lipinski definition) is 2. The fraction of sp³-hybridized carbons (Fsp3) is 0.360. The molecule has 3 amide bonds. The van der Waals surface area contributed by atoms with Gasteiger partial charge in [-0.05, 0) is 30.2 Å². The third-order valence-corrected chi connectivity index (χ3v) is 6.61. The number of hydrogen-bond acceptors (Lipinski definition) is 3. The van der Waals surface area contributed by atoms with Gasteiger partial charge in [0.25, 0.3) is 0 Å². The van der Waals surface area contributed by atoms with Gasteiger partial charge >= 0.3 is 6.03 Å². The van der Waals surface area contributed by atoms with Crippen molar-refractivity contribution in [3.63, 3.8) is 0 Å². The molecule has 2 aliphatic rings. The second-order valence-electron chi connectivity index (χ2n) is 8.60. The third-order valence-electron chi connectivity index (χ3n) is 6.61. The SMILES string of the molecule is O=C(CCNC(=O)N1CCc2c([nH]c3ccccc23)C1)N1CCN(c2ccccc2F)CC1. The normalized spacial score (nSPS) is 16.1. The van der Waals surface area contributed by atoms with Crippen LogP contribution in [-0.2, 0) is 17.8 Å². The molecular weight excluding hydrogens is 421 g/mol. The number of para-hydroxylation sites is 2. The van der Waals surface area contributed by atoms with Crippen LogP contribution in [0.3, 0.4) is 0 Å². The predicted octanol–water partition coefficient (Wildman–Crippen LogP) is 3.11. The van der Waals surface area contributed by atoms with Crippen LogP contribution in [0.25, 0.3) is 10.9 Å². The number of aromatic nitrogens is 1. The summed E-state index contributed by atoms with van der Waals surface area (Å²) in [6.45, 7) is 3.81. The summed E-state index contributed by atoms with van der Waals surface area (Å²) in [7, 11) is 0. The first-order valence-corrected chi connectivity index (χ1v) is 11.5. The van der Waals surface area contributed by atoms with Gasteiger partial charge in [-0.15, -0.1) is 0 Å². The van der Waals surface area contributed by atoms with E-state index in [1.807, 2.05) is 23.1 Å². The monoisotopic (exact) mass is 449 g/mol. The van der Waals surface area contributed by atoms with Crippen molar-refractivity contribution in [2.24, 2.45) is 0 Å². The molecule has 3 aromatic rings. The molecular formula is C25H28FN5O2. The van der Waals surface area contributed by atoms with Crippen molar-refractivity contribution in [2.45, 2.75) is 19.4 Å². The molecule has 8 heteroatoms. The Morgan fingerprint density at radius 2 is 1.70 bits per heavy atom. The smallest absolute Gasteiger partial charge is 0.317 e. The highest BCUT2D eigenvalue weighted by Gasteiger charge is 2.25. The van der Waals surface area contributed by atoms with Gasteiger partial charge in [-0.1, -0.05) is 30.3 Å². The fourth-order valence-corrected chi connectivity index (χ4v) is 4.82. The number of carbonyl (C=O) groups is 2. The van der Waals surface area contributed by atoms with Crippen LogP contribution in [0.4, 0.5) is 14.9 Å². The number of aromatic amines is 1. The van der Waals surface area contributed by atoms with Gasteiger partial charge in [-0.25, -0.2) is 9.18 Å². The molecule has 5 rings (SSSR count). The number of benzene rings is 2. The molecule has 0 spiro atoms. The van der Waals surface area contributed by atoms with Crippen LogP contribution in [-0.4, -0.2) is 66.0 Å². The van der Waals surface area contributed by atoms with Crippen molar-refractivity contribution >= 4 is 28.5 Å². The number of rotatable bonds is 4. The number of amides is 3. The van der Waals surface area contributed by atoms with E-state index < -0.39 is 0 Å². The minimum absolute atomic E-state index is 0.0139. The van der Waals surface area contributed by atoms with Crippen LogP contribution in [0, 0.1) is 5.82 Å². The Hall–Kier alpha value is -3.55. The Morgan fingerprint density at radius 1 is 0.939 bits per heavy atom. The lowest BCUT2D eigenvalue weighted by atomic mass is 10.0. The lowest BCUT2D eigenvalue weighted by molar-refractivity contribution is -0.131. The van der Waals surface area contributed by atoms with E-state index in [-0.39, 0.29) is 24.2 Å². The minimum Gasteiger partial charge on any atom is -0.366 e. The highest BCUT2D eigenvalue weighted by atomic mass is 19.1. The number of halogens is 1. The number of H-pyrrole nitrogens is 1. The molecule has 0 saturated carbocycles. The quantitative estimate of drug-likeness (QED) is 0.643. The second-order valence-corrected chi connectivity index (χ2v) is 8.60. The Balaban J connectivity index is 1.08. The van der Waals surface area contributed by atoms with Gasteiger partial charge in [-0.3, -0.25) is 4.79 Å². The zero-order chi connectivity index (χ0) is 22.8. The topological polar surface area (TPSA) is 71.7 Å². The number of piperazine rings is 1. The molecule has 1 saturated heterocycles. The van der Waals surface area contributed by atoms with Gasteiger partial charge in [0.05, 0.1) is 12.2 Å². The molecule has 3 heterocycles. The van der Waals surface area contributed by atoms with Crippen molar-refractivity contribution in [1.82, 2.24) is 20.1 Å². The molecule has 172 valence electrons. The van der Waals surface area contributed by atoms with Crippen molar-refractivity contribution in [1.29, 1.82) is 0 Å². The summed E-state index contributed by atoms with van der Waals surface area (Å²) < 4.78 is 14.0. The first kappa shape index (κ1) is 21.3. The summed E-state index contributed by atoms with van der Waals surface area (Å²) in [5.74, 6) is -0.225. The highest BCUT2D eigenvalue weighted by Crippen LogP contribution is 2.27. The molecule has 0 bridgehead atoms. The van der Waals surface area contributed by atoms with E-state index in [1.54, 1.807) is 21.9 Å². The van der Waals surface area contributed by atoms with Gasteiger partial charge in [0.2, 0.25) is 5.91 Å². The zero-order valence-corrected chi connectivity index (χ0v) is 18.5. The number of nitrogens with zero attached hydrogens (tertiary/aromatic N) is 3. The summed E-state index contributed by atoms with van der Waals surface area (Å²) in [6.07, 6.45) is 1.08. The fourth-order valence-electron chi connectivity index (χ4n) is 4.82. The van der Waals surface area contributed by atoms with Crippen LogP contribution < -0.4 is 10.2 Å². The molecule has 2 N–H and O–H groups in total. The van der Waals surface area contributed by atoms with Crippen LogP contribution in [0.1, 0.15) is 17.7 Å². The molecule has 0 atom stereocenters. The van der Waals surface area contributed by atoms with E-state index in [9.17, 15) is 14.0 Å². The minimum atomic E-state index is -0.239. The van der Waals surface area contributed by atoms with Crippen molar-refractivity contribution in [3.8, 4) is 0 Å². The van der Waals surface area contributed by atoms with Crippen molar-refractivity contribution in [3.05, 3.63) is 65.6 Å².